The van der Waals surface area contributed by atoms with Gasteiger partial charge >= 0.3 is 5.97 Å². The van der Waals surface area contributed by atoms with Crippen LogP contribution in [0.15, 0.2) is 64.4 Å². The molecule has 1 N–H and O–H groups in total. The standard InChI is InChI=1S/C20H24N2O6S2/c1-21(14-16-6-3-2-4-7-16)29(25,26)18-9-11-19(12-10-18)30(27,28)22-13-5-8-17(15-22)20(23)24/h2-4,6-7,9-12,17H,5,8,13-15H2,1H3,(H,23,24). The molecule has 0 bridgehead atoms. The molecule has 1 saturated heterocycles. The number of benzene rings is 2. The molecule has 1 aliphatic heterocycles. The smallest absolute Gasteiger partial charge is 0.307 e. The van der Waals surface area contributed by atoms with E-state index in [4.69, 9.17) is 0 Å². The van der Waals surface area contributed by atoms with E-state index in [1.165, 1.54) is 35.6 Å². The summed E-state index contributed by atoms with van der Waals surface area (Å²) in [7, 11) is -6.23. The lowest BCUT2D eigenvalue weighted by Gasteiger charge is -2.29. The van der Waals surface area contributed by atoms with Gasteiger partial charge in [0, 0.05) is 26.7 Å². The number of aliphatic carboxylic acids is 1. The van der Waals surface area contributed by atoms with E-state index in [2.05, 4.69) is 0 Å². The van der Waals surface area contributed by atoms with Crippen LogP contribution in [0, 0.1) is 5.92 Å². The van der Waals surface area contributed by atoms with Gasteiger partial charge in [-0.15, -0.1) is 0 Å². The molecule has 0 aliphatic carbocycles. The van der Waals surface area contributed by atoms with Gasteiger partial charge in [-0.3, -0.25) is 4.79 Å². The van der Waals surface area contributed by atoms with E-state index in [1.54, 1.807) is 0 Å². The highest BCUT2D eigenvalue weighted by Crippen LogP contribution is 2.25. The highest BCUT2D eigenvalue weighted by molar-refractivity contribution is 7.89. The minimum Gasteiger partial charge on any atom is -0.481 e. The molecule has 1 fully saturated rings. The lowest BCUT2D eigenvalue weighted by atomic mass is 10.0. The number of hydrogen-bond acceptors (Lipinski definition) is 5. The number of nitrogens with zero attached hydrogens (tertiary/aromatic N) is 2. The summed E-state index contributed by atoms with van der Waals surface area (Å²) < 4.78 is 53.7. The largest absolute Gasteiger partial charge is 0.481 e. The first-order chi connectivity index (χ1) is 14.1. The lowest BCUT2D eigenvalue weighted by molar-refractivity contribution is -0.142. The molecule has 162 valence electrons. The average Bonchev–Trinajstić information content (AvgIpc) is 2.74. The van der Waals surface area contributed by atoms with Crippen LogP contribution in [-0.4, -0.2) is 56.7 Å². The third-order valence-corrected chi connectivity index (χ3v) is 8.85. The predicted octanol–water partition coefficient (Wildman–Crippen LogP) is 1.99. The van der Waals surface area contributed by atoms with Gasteiger partial charge in [-0.2, -0.15) is 8.61 Å². The number of piperidine rings is 1. The monoisotopic (exact) mass is 452 g/mol. The molecule has 2 aromatic rings. The van der Waals surface area contributed by atoms with Crippen molar-refractivity contribution in [3.05, 3.63) is 60.2 Å². The lowest BCUT2D eigenvalue weighted by Crippen LogP contribution is -2.42. The topological polar surface area (TPSA) is 112 Å². The summed E-state index contributed by atoms with van der Waals surface area (Å²) in [6.07, 6.45) is 0.902. The van der Waals surface area contributed by atoms with Crippen LogP contribution in [0.1, 0.15) is 18.4 Å². The van der Waals surface area contributed by atoms with Crippen molar-refractivity contribution < 1.29 is 26.7 Å². The Morgan fingerprint density at radius 1 is 1.03 bits per heavy atom. The second-order valence-corrected chi connectivity index (χ2v) is 11.2. The highest BCUT2D eigenvalue weighted by Gasteiger charge is 2.33. The molecule has 8 nitrogen and oxygen atoms in total. The van der Waals surface area contributed by atoms with E-state index in [0.717, 1.165) is 9.87 Å². The molecule has 3 rings (SSSR count). The van der Waals surface area contributed by atoms with Gasteiger partial charge in [-0.1, -0.05) is 30.3 Å². The van der Waals surface area contributed by atoms with Crippen LogP contribution < -0.4 is 0 Å². The summed E-state index contributed by atoms with van der Waals surface area (Å²) in [5.41, 5.74) is 0.834. The Morgan fingerprint density at radius 2 is 1.63 bits per heavy atom. The van der Waals surface area contributed by atoms with Crippen LogP contribution in [0.2, 0.25) is 0 Å². The fourth-order valence-corrected chi connectivity index (χ4v) is 6.08. The van der Waals surface area contributed by atoms with Crippen molar-refractivity contribution in [1.29, 1.82) is 0 Å². The van der Waals surface area contributed by atoms with Crippen molar-refractivity contribution in [1.82, 2.24) is 8.61 Å². The second-order valence-electron chi connectivity index (χ2n) is 7.26. The van der Waals surface area contributed by atoms with Gasteiger partial charge in [0.2, 0.25) is 20.0 Å². The van der Waals surface area contributed by atoms with Gasteiger partial charge in [0.05, 0.1) is 15.7 Å². The number of carboxylic acids is 1. The van der Waals surface area contributed by atoms with Crippen molar-refractivity contribution in [3.8, 4) is 0 Å². The fraction of sp³-hybridized carbons (Fsp3) is 0.350. The van der Waals surface area contributed by atoms with Crippen molar-refractivity contribution >= 4 is 26.0 Å². The molecule has 0 amide bonds. The molecule has 1 unspecified atom stereocenters. The SMILES string of the molecule is CN(Cc1ccccc1)S(=O)(=O)c1ccc(S(=O)(=O)N2CCCC(C(=O)O)C2)cc1. The molecule has 10 heteroatoms. The maximum atomic E-state index is 12.9. The van der Waals surface area contributed by atoms with Crippen molar-refractivity contribution in [2.75, 3.05) is 20.1 Å². The van der Waals surface area contributed by atoms with E-state index in [9.17, 15) is 26.7 Å². The summed E-state index contributed by atoms with van der Waals surface area (Å²) in [5, 5.41) is 9.18. The van der Waals surface area contributed by atoms with Crippen LogP contribution >= 0.6 is 0 Å². The predicted molar refractivity (Wildman–Crippen MR) is 111 cm³/mol. The zero-order valence-electron chi connectivity index (χ0n) is 16.5. The van der Waals surface area contributed by atoms with Crippen molar-refractivity contribution in [2.45, 2.75) is 29.2 Å². The van der Waals surface area contributed by atoms with E-state index >= 15 is 0 Å². The quantitative estimate of drug-likeness (QED) is 0.688. The van der Waals surface area contributed by atoms with E-state index in [0.29, 0.717) is 12.8 Å². The Labute approximate surface area is 176 Å². The maximum Gasteiger partial charge on any atom is 0.307 e. The first-order valence-corrected chi connectivity index (χ1v) is 12.3. The number of carbonyl (C=O) groups is 1. The average molecular weight is 453 g/mol. The molecular weight excluding hydrogens is 428 g/mol. The molecule has 30 heavy (non-hydrogen) atoms. The van der Waals surface area contributed by atoms with E-state index < -0.39 is 31.9 Å². The summed E-state index contributed by atoms with van der Waals surface area (Å²) in [6.45, 7) is 0.344. The zero-order valence-corrected chi connectivity index (χ0v) is 18.1. The zero-order chi connectivity index (χ0) is 21.9. The van der Waals surface area contributed by atoms with Gasteiger partial charge < -0.3 is 5.11 Å². The summed E-state index contributed by atoms with van der Waals surface area (Å²) in [4.78, 5) is 11.2. The highest BCUT2D eigenvalue weighted by atomic mass is 32.2. The first kappa shape index (κ1) is 22.4. The van der Waals surface area contributed by atoms with Crippen LogP contribution in [0.5, 0.6) is 0 Å². The van der Waals surface area contributed by atoms with Gasteiger partial charge in [-0.05, 0) is 42.7 Å². The minimum absolute atomic E-state index is 0.0121. The Morgan fingerprint density at radius 3 is 2.23 bits per heavy atom. The number of sulfonamides is 2. The van der Waals surface area contributed by atoms with E-state index in [-0.39, 0.29) is 29.4 Å². The van der Waals surface area contributed by atoms with Gasteiger partial charge in [0.1, 0.15) is 0 Å². The van der Waals surface area contributed by atoms with Crippen molar-refractivity contribution in [3.63, 3.8) is 0 Å². The van der Waals surface area contributed by atoms with Crippen LogP contribution in [0.3, 0.4) is 0 Å². The van der Waals surface area contributed by atoms with Crippen LogP contribution in [0.25, 0.3) is 0 Å². The van der Waals surface area contributed by atoms with Crippen molar-refractivity contribution in [2.24, 2.45) is 5.92 Å². The Balaban J connectivity index is 1.78. The molecule has 2 aromatic carbocycles. The normalized spacial score (nSPS) is 18.4. The maximum absolute atomic E-state index is 12.9. The molecule has 0 spiro atoms. The Hall–Kier alpha value is -2.27. The number of rotatable bonds is 7. The summed E-state index contributed by atoms with van der Waals surface area (Å²) in [6, 6.07) is 14.2. The Kier molecular flexibility index (Phi) is 6.61. The van der Waals surface area contributed by atoms with E-state index in [1.807, 2.05) is 30.3 Å². The Bertz CT molecular complexity index is 1100. The molecular formula is C20H24N2O6S2. The molecule has 1 heterocycles. The molecule has 0 saturated carbocycles. The molecule has 0 radical (unpaired) electrons. The summed E-state index contributed by atoms with van der Waals surface area (Å²) >= 11 is 0. The molecule has 1 atom stereocenters. The fourth-order valence-electron chi connectivity index (χ4n) is 3.40. The minimum atomic E-state index is -3.90. The van der Waals surface area contributed by atoms with Gasteiger partial charge in [0.25, 0.3) is 0 Å². The molecule has 0 aromatic heterocycles. The van der Waals surface area contributed by atoms with Gasteiger partial charge in [-0.25, -0.2) is 16.8 Å². The first-order valence-electron chi connectivity index (χ1n) is 9.45. The van der Waals surface area contributed by atoms with Crippen LogP contribution in [0.4, 0.5) is 0 Å². The second kappa shape index (κ2) is 8.84. The summed E-state index contributed by atoms with van der Waals surface area (Å²) in [5.74, 6) is -1.75. The van der Waals surface area contributed by atoms with Crippen LogP contribution in [-0.2, 0) is 31.4 Å². The third-order valence-electron chi connectivity index (χ3n) is 5.15. The third kappa shape index (κ3) is 4.72. The number of carboxylic acid groups (broad SMARTS) is 1. The number of hydrogen-bond donors (Lipinski definition) is 1. The molecule has 1 aliphatic rings. The van der Waals surface area contributed by atoms with Gasteiger partial charge in [0.15, 0.2) is 0 Å².